The second kappa shape index (κ2) is 5.50. The van der Waals surface area contributed by atoms with Gasteiger partial charge in [-0.05, 0) is 43.5 Å². The van der Waals surface area contributed by atoms with Crippen LogP contribution in [-0.4, -0.2) is 37.3 Å². The lowest BCUT2D eigenvalue weighted by Crippen LogP contribution is -2.54. The lowest BCUT2D eigenvalue weighted by Gasteiger charge is -2.40. The zero-order valence-corrected chi connectivity index (χ0v) is 10.7. The van der Waals surface area contributed by atoms with Crippen molar-refractivity contribution in [3.8, 4) is 0 Å². The van der Waals surface area contributed by atoms with E-state index in [2.05, 4.69) is 42.3 Å². The van der Waals surface area contributed by atoms with E-state index in [4.69, 9.17) is 0 Å². The standard InChI is InChI=1S/C14H21FN2/c1-11-4-5-13(8-12(11)2)16-14-9-17(10-14)7-3-6-15/h4-5,8,14,16H,3,6-7,9-10H2,1-2H3. The lowest BCUT2D eigenvalue weighted by atomic mass is 10.1. The topological polar surface area (TPSA) is 15.3 Å². The predicted octanol–water partition coefficient (Wildman–Crippen LogP) is 2.76. The van der Waals surface area contributed by atoms with Crippen LogP contribution in [0.15, 0.2) is 18.2 Å². The highest BCUT2D eigenvalue weighted by Crippen LogP contribution is 2.18. The van der Waals surface area contributed by atoms with Gasteiger partial charge in [-0.1, -0.05) is 6.07 Å². The summed E-state index contributed by atoms with van der Waals surface area (Å²) in [5.74, 6) is 0. The van der Waals surface area contributed by atoms with Crippen LogP contribution < -0.4 is 5.32 Å². The first-order valence-electron chi connectivity index (χ1n) is 6.31. The van der Waals surface area contributed by atoms with Crippen molar-refractivity contribution in [2.24, 2.45) is 0 Å². The second-order valence-electron chi connectivity index (χ2n) is 4.94. The number of hydrogen-bond acceptors (Lipinski definition) is 2. The number of benzene rings is 1. The Kier molecular flexibility index (Phi) is 4.00. The minimum absolute atomic E-state index is 0.203. The lowest BCUT2D eigenvalue weighted by molar-refractivity contribution is 0.155. The van der Waals surface area contributed by atoms with E-state index in [9.17, 15) is 4.39 Å². The molecule has 1 aliphatic rings. The van der Waals surface area contributed by atoms with Crippen molar-refractivity contribution in [1.29, 1.82) is 0 Å². The van der Waals surface area contributed by atoms with Gasteiger partial charge >= 0.3 is 0 Å². The minimum atomic E-state index is -0.203. The zero-order chi connectivity index (χ0) is 12.3. The molecule has 0 unspecified atom stereocenters. The molecule has 0 spiro atoms. The van der Waals surface area contributed by atoms with Gasteiger partial charge < -0.3 is 5.32 Å². The summed E-state index contributed by atoms with van der Waals surface area (Å²) < 4.78 is 12.0. The molecule has 0 atom stereocenters. The Bertz CT molecular complexity index is 372. The summed E-state index contributed by atoms with van der Waals surface area (Å²) in [6, 6.07) is 7.00. The normalized spacial score (nSPS) is 16.9. The first-order valence-corrected chi connectivity index (χ1v) is 6.31. The Morgan fingerprint density at radius 3 is 2.71 bits per heavy atom. The van der Waals surface area contributed by atoms with Crippen LogP contribution in [0.3, 0.4) is 0 Å². The average Bonchev–Trinajstić information content (AvgIpc) is 2.26. The number of aryl methyl sites for hydroxylation is 2. The molecular weight excluding hydrogens is 215 g/mol. The molecule has 1 heterocycles. The quantitative estimate of drug-likeness (QED) is 0.845. The third-order valence-electron chi connectivity index (χ3n) is 3.44. The van der Waals surface area contributed by atoms with Crippen molar-refractivity contribution >= 4 is 5.69 Å². The minimum Gasteiger partial charge on any atom is -0.380 e. The molecule has 1 N–H and O–H groups in total. The first-order chi connectivity index (χ1) is 8.19. The smallest absolute Gasteiger partial charge is 0.0906 e. The number of hydrogen-bond donors (Lipinski definition) is 1. The number of likely N-dealkylation sites (tertiary alicyclic amines) is 1. The van der Waals surface area contributed by atoms with Gasteiger partial charge in [-0.3, -0.25) is 9.29 Å². The van der Waals surface area contributed by atoms with E-state index in [1.165, 1.54) is 16.8 Å². The number of nitrogens with one attached hydrogen (secondary N) is 1. The van der Waals surface area contributed by atoms with Crippen LogP contribution >= 0.6 is 0 Å². The van der Waals surface area contributed by atoms with E-state index in [1.807, 2.05) is 0 Å². The fourth-order valence-corrected chi connectivity index (χ4v) is 2.19. The monoisotopic (exact) mass is 236 g/mol. The number of alkyl halides is 1. The zero-order valence-electron chi connectivity index (χ0n) is 10.7. The van der Waals surface area contributed by atoms with Crippen molar-refractivity contribution in [2.45, 2.75) is 26.3 Å². The SMILES string of the molecule is Cc1ccc(NC2CN(CCCF)C2)cc1C. The summed E-state index contributed by atoms with van der Waals surface area (Å²) in [6.45, 7) is 7.02. The third-order valence-corrected chi connectivity index (χ3v) is 3.44. The van der Waals surface area contributed by atoms with Crippen molar-refractivity contribution in [1.82, 2.24) is 4.90 Å². The molecule has 1 fully saturated rings. The van der Waals surface area contributed by atoms with Crippen LogP contribution in [0.4, 0.5) is 10.1 Å². The molecule has 1 aromatic carbocycles. The van der Waals surface area contributed by atoms with Crippen LogP contribution in [0.2, 0.25) is 0 Å². The summed E-state index contributed by atoms with van der Waals surface area (Å²) in [7, 11) is 0. The Balaban J connectivity index is 1.77. The van der Waals surface area contributed by atoms with E-state index in [0.29, 0.717) is 12.5 Å². The van der Waals surface area contributed by atoms with Gasteiger partial charge in [0.25, 0.3) is 0 Å². The number of rotatable bonds is 5. The molecule has 2 rings (SSSR count). The van der Waals surface area contributed by atoms with Crippen molar-refractivity contribution in [3.63, 3.8) is 0 Å². The van der Waals surface area contributed by atoms with Crippen LogP contribution in [0.5, 0.6) is 0 Å². The molecule has 0 aliphatic carbocycles. The highest BCUT2D eigenvalue weighted by Gasteiger charge is 2.25. The molecule has 17 heavy (non-hydrogen) atoms. The fourth-order valence-electron chi connectivity index (χ4n) is 2.19. The maximum absolute atomic E-state index is 12.0. The summed E-state index contributed by atoms with van der Waals surface area (Å²) in [6.07, 6.45) is 0.663. The largest absolute Gasteiger partial charge is 0.380 e. The molecule has 1 aromatic rings. The third kappa shape index (κ3) is 3.19. The Morgan fingerprint density at radius 2 is 2.06 bits per heavy atom. The summed E-state index contributed by atoms with van der Waals surface area (Å²) in [4.78, 5) is 2.29. The molecule has 0 saturated carbocycles. The van der Waals surface area contributed by atoms with Gasteiger partial charge in [0.2, 0.25) is 0 Å². The van der Waals surface area contributed by atoms with E-state index in [0.717, 1.165) is 19.6 Å². The van der Waals surface area contributed by atoms with Crippen molar-refractivity contribution in [3.05, 3.63) is 29.3 Å². The highest BCUT2D eigenvalue weighted by atomic mass is 19.1. The molecule has 0 radical (unpaired) electrons. The van der Waals surface area contributed by atoms with Gasteiger partial charge in [-0.25, -0.2) is 0 Å². The number of nitrogens with zero attached hydrogens (tertiary/aromatic N) is 1. The molecule has 94 valence electrons. The van der Waals surface area contributed by atoms with Gasteiger partial charge in [-0.2, -0.15) is 0 Å². The average molecular weight is 236 g/mol. The summed E-state index contributed by atoms with van der Waals surface area (Å²) in [5.41, 5.74) is 3.85. The van der Waals surface area contributed by atoms with Crippen LogP contribution in [0.25, 0.3) is 0 Å². The van der Waals surface area contributed by atoms with Crippen LogP contribution in [-0.2, 0) is 0 Å². The van der Waals surface area contributed by atoms with E-state index >= 15 is 0 Å². The number of halogens is 1. The van der Waals surface area contributed by atoms with Crippen LogP contribution in [0.1, 0.15) is 17.5 Å². The molecule has 1 saturated heterocycles. The fraction of sp³-hybridized carbons (Fsp3) is 0.571. The van der Waals surface area contributed by atoms with Gasteiger partial charge in [0.05, 0.1) is 12.7 Å². The Hall–Kier alpha value is -1.09. The van der Waals surface area contributed by atoms with E-state index in [-0.39, 0.29) is 6.67 Å². The molecule has 0 amide bonds. The van der Waals surface area contributed by atoms with E-state index in [1.54, 1.807) is 0 Å². The van der Waals surface area contributed by atoms with Crippen molar-refractivity contribution in [2.75, 3.05) is 31.6 Å². The number of anilines is 1. The van der Waals surface area contributed by atoms with E-state index < -0.39 is 0 Å². The maximum Gasteiger partial charge on any atom is 0.0906 e. The van der Waals surface area contributed by atoms with Crippen LogP contribution in [0, 0.1) is 13.8 Å². The van der Waals surface area contributed by atoms with Gasteiger partial charge in [-0.15, -0.1) is 0 Å². The van der Waals surface area contributed by atoms with Gasteiger partial charge in [0, 0.05) is 25.3 Å². The summed E-state index contributed by atoms with van der Waals surface area (Å²) in [5, 5.41) is 3.52. The molecule has 2 nitrogen and oxygen atoms in total. The second-order valence-corrected chi connectivity index (χ2v) is 4.94. The van der Waals surface area contributed by atoms with Gasteiger partial charge in [0.15, 0.2) is 0 Å². The molecule has 0 aromatic heterocycles. The Morgan fingerprint density at radius 1 is 1.29 bits per heavy atom. The molecule has 1 aliphatic heterocycles. The molecule has 0 bridgehead atoms. The predicted molar refractivity (Wildman–Crippen MR) is 70.4 cm³/mol. The maximum atomic E-state index is 12.0. The van der Waals surface area contributed by atoms with Crippen molar-refractivity contribution < 1.29 is 4.39 Å². The Labute approximate surface area is 103 Å². The summed E-state index contributed by atoms with van der Waals surface area (Å²) >= 11 is 0. The molecular formula is C14H21FN2. The highest BCUT2D eigenvalue weighted by molar-refractivity contribution is 5.49. The van der Waals surface area contributed by atoms with Gasteiger partial charge in [0.1, 0.15) is 0 Å². The first kappa shape index (κ1) is 12.4. The molecule has 3 heteroatoms.